The number of methoxy groups -OCH3 is 2. The number of para-hydroxylation sites is 2. The summed E-state index contributed by atoms with van der Waals surface area (Å²) in [5, 5.41) is 3.19. The van der Waals surface area contributed by atoms with Gasteiger partial charge in [-0.25, -0.2) is 0 Å². The largest absolute Gasteiger partial charge is 0.495 e. The number of likely N-dealkylation sites (N-methyl/N-ethyl adjacent to an activating group) is 1. The molecule has 0 saturated heterocycles. The minimum Gasteiger partial charge on any atom is -0.495 e. The maximum Gasteiger partial charge on any atom is 0.254 e. The summed E-state index contributed by atoms with van der Waals surface area (Å²) in [6, 6.07) is 9.97. The van der Waals surface area contributed by atoms with E-state index in [4.69, 9.17) is 32.7 Å². The highest BCUT2D eigenvalue weighted by atomic mass is 35.5. The van der Waals surface area contributed by atoms with Gasteiger partial charge in [-0.1, -0.05) is 35.3 Å². The zero-order chi connectivity index (χ0) is 20.0. The van der Waals surface area contributed by atoms with Gasteiger partial charge in [-0.2, -0.15) is 0 Å². The van der Waals surface area contributed by atoms with Crippen molar-refractivity contribution in [2.75, 3.05) is 32.6 Å². The van der Waals surface area contributed by atoms with E-state index in [1.54, 1.807) is 31.2 Å². The first-order valence-corrected chi connectivity index (χ1v) is 8.92. The monoisotopic (exact) mass is 410 g/mol. The van der Waals surface area contributed by atoms with Crippen molar-refractivity contribution in [1.82, 2.24) is 4.90 Å². The molecule has 0 aromatic heterocycles. The van der Waals surface area contributed by atoms with Crippen molar-refractivity contribution >= 4 is 40.7 Å². The molecule has 8 heteroatoms. The standard InChI is InChI=1S/C19H20Cl2N2O4/c1-4-23(11-17(24)22-15-7-5-6-8-16(15)26-2)19(25)12-9-13(20)18(27-3)14(21)10-12/h5-10H,4,11H2,1-3H3,(H,22,24). The lowest BCUT2D eigenvalue weighted by Crippen LogP contribution is -2.37. The Morgan fingerprint density at radius 3 is 2.26 bits per heavy atom. The lowest BCUT2D eigenvalue weighted by Gasteiger charge is -2.21. The second-order valence-corrected chi connectivity index (χ2v) is 6.36. The van der Waals surface area contributed by atoms with Crippen LogP contribution in [0, 0.1) is 0 Å². The molecular formula is C19H20Cl2N2O4. The van der Waals surface area contributed by atoms with Crippen LogP contribution in [-0.2, 0) is 4.79 Å². The number of halogens is 2. The summed E-state index contributed by atoms with van der Waals surface area (Å²) in [5.41, 5.74) is 0.807. The van der Waals surface area contributed by atoms with Crippen molar-refractivity contribution in [1.29, 1.82) is 0 Å². The second-order valence-electron chi connectivity index (χ2n) is 5.54. The third-order valence-corrected chi connectivity index (χ3v) is 4.40. The Hall–Kier alpha value is -2.44. The summed E-state index contributed by atoms with van der Waals surface area (Å²) in [5.74, 6) is 0.125. The molecule has 0 bridgehead atoms. The first kappa shape index (κ1) is 20.9. The molecule has 0 saturated carbocycles. The van der Waals surface area contributed by atoms with Crippen LogP contribution in [0.3, 0.4) is 0 Å². The fraction of sp³-hybridized carbons (Fsp3) is 0.263. The third kappa shape index (κ3) is 5.05. The summed E-state index contributed by atoms with van der Waals surface area (Å²) < 4.78 is 10.3. The molecule has 6 nitrogen and oxygen atoms in total. The van der Waals surface area contributed by atoms with E-state index in [1.165, 1.54) is 31.3 Å². The zero-order valence-corrected chi connectivity index (χ0v) is 16.7. The van der Waals surface area contributed by atoms with Gasteiger partial charge in [0.05, 0.1) is 30.0 Å². The normalized spacial score (nSPS) is 10.3. The smallest absolute Gasteiger partial charge is 0.254 e. The van der Waals surface area contributed by atoms with Gasteiger partial charge in [0.1, 0.15) is 12.3 Å². The Kier molecular flexibility index (Phi) is 7.33. The number of benzene rings is 2. The molecular weight excluding hydrogens is 391 g/mol. The molecule has 2 aromatic rings. The molecule has 0 spiro atoms. The van der Waals surface area contributed by atoms with E-state index >= 15 is 0 Å². The Bertz CT molecular complexity index is 819. The summed E-state index contributed by atoms with van der Waals surface area (Å²) in [6.45, 7) is 1.98. The molecule has 144 valence electrons. The molecule has 0 heterocycles. The van der Waals surface area contributed by atoms with Crippen LogP contribution in [0.5, 0.6) is 11.5 Å². The van der Waals surface area contributed by atoms with Gasteiger partial charge >= 0.3 is 0 Å². The van der Waals surface area contributed by atoms with Crippen molar-refractivity contribution in [2.45, 2.75) is 6.92 Å². The molecule has 2 amide bonds. The van der Waals surface area contributed by atoms with E-state index in [9.17, 15) is 9.59 Å². The summed E-state index contributed by atoms with van der Waals surface area (Å²) in [7, 11) is 2.96. The molecule has 2 aromatic carbocycles. The number of carbonyl (C=O) groups excluding carboxylic acids is 2. The van der Waals surface area contributed by atoms with E-state index < -0.39 is 0 Å². The van der Waals surface area contributed by atoms with Crippen molar-refractivity contribution in [3.8, 4) is 11.5 Å². The number of rotatable bonds is 7. The van der Waals surface area contributed by atoms with Crippen molar-refractivity contribution in [3.05, 3.63) is 52.0 Å². The van der Waals surface area contributed by atoms with Crippen molar-refractivity contribution in [3.63, 3.8) is 0 Å². The summed E-state index contributed by atoms with van der Waals surface area (Å²) in [6.07, 6.45) is 0. The molecule has 0 radical (unpaired) electrons. The van der Waals surface area contributed by atoms with Crippen LogP contribution in [0.4, 0.5) is 5.69 Å². The van der Waals surface area contributed by atoms with Crippen LogP contribution in [-0.4, -0.2) is 44.0 Å². The van der Waals surface area contributed by atoms with E-state index in [0.717, 1.165) is 0 Å². The fourth-order valence-electron chi connectivity index (χ4n) is 2.50. The molecule has 0 aliphatic carbocycles. The van der Waals surface area contributed by atoms with Crippen molar-refractivity contribution < 1.29 is 19.1 Å². The Labute approximate surface area is 168 Å². The van der Waals surface area contributed by atoms with Crippen LogP contribution in [0.15, 0.2) is 36.4 Å². The molecule has 0 aliphatic heterocycles. The Morgan fingerprint density at radius 1 is 1.07 bits per heavy atom. The van der Waals surface area contributed by atoms with Gasteiger partial charge in [0.15, 0.2) is 5.75 Å². The highest BCUT2D eigenvalue weighted by molar-refractivity contribution is 6.37. The number of carbonyl (C=O) groups is 2. The Balaban J connectivity index is 2.14. The first-order chi connectivity index (χ1) is 12.9. The topological polar surface area (TPSA) is 67.9 Å². The van der Waals surface area contributed by atoms with E-state index in [1.807, 2.05) is 0 Å². The molecule has 0 unspecified atom stereocenters. The molecule has 0 aliphatic rings. The number of hydrogen-bond donors (Lipinski definition) is 1. The number of hydrogen-bond acceptors (Lipinski definition) is 4. The maximum absolute atomic E-state index is 12.8. The van der Waals surface area contributed by atoms with Gasteiger partial charge in [0, 0.05) is 12.1 Å². The molecule has 1 N–H and O–H groups in total. The predicted octanol–water partition coefficient (Wildman–Crippen LogP) is 4.11. The molecule has 0 fully saturated rings. The van der Waals surface area contributed by atoms with Gasteiger partial charge in [-0.3, -0.25) is 9.59 Å². The van der Waals surface area contributed by atoms with Gasteiger partial charge in [-0.05, 0) is 31.2 Å². The van der Waals surface area contributed by atoms with E-state index in [2.05, 4.69) is 5.32 Å². The number of amides is 2. The number of nitrogens with one attached hydrogen (secondary N) is 1. The fourth-order valence-corrected chi connectivity index (χ4v) is 3.14. The number of anilines is 1. The number of ether oxygens (including phenoxy) is 2. The quantitative estimate of drug-likeness (QED) is 0.745. The molecule has 0 atom stereocenters. The van der Waals surface area contributed by atoms with E-state index in [-0.39, 0.29) is 34.0 Å². The van der Waals surface area contributed by atoms with Gasteiger partial charge < -0.3 is 19.7 Å². The summed E-state index contributed by atoms with van der Waals surface area (Å²) >= 11 is 12.2. The SMILES string of the molecule is CCN(CC(=O)Nc1ccccc1OC)C(=O)c1cc(Cl)c(OC)c(Cl)c1. The average Bonchev–Trinajstić information content (AvgIpc) is 2.65. The van der Waals surface area contributed by atoms with Crippen molar-refractivity contribution in [2.24, 2.45) is 0 Å². The summed E-state index contributed by atoms with van der Waals surface area (Å²) in [4.78, 5) is 26.5. The highest BCUT2D eigenvalue weighted by Gasteiger charge is 2.20. The molecule has 27 heavy (non-hydrogen) atoms. The molecule has 2 rings (SSSR count). The zero-order valence-electron chi connectivity index (χ0n) is 15.2. The Morgan fingerprint density at radius 2 is 1.70 bits per heavy atom. The predicted molar refractivity (Wildman–Crippen MR) is 106 cm³/mol. The van der Waals surface area contributed by atoms with Crippen LogP contribution in [0.1, 0.15) is 17.3 Å². The minimum atomic E-state index is -0.362. The lowest BCUT2D eigenvalue weighted by atomic mass is 10.2. The van der Waals surface area contributed by atoms with Crippen LogP contribution in [0.25, 0.3) is 0 Å². The lowest BCUT2D eigenvalue weighted by molar-refractivity contribution is -0.116. The minimum absolute atomic E-state index is 0.130. The van der Waals surface area contributed by atoms with Crippen LogP contribution in [0.2, 0.25) is 10.0 Å². The second kappa shape index (κ2) is 9.48. The van der Waals surface area contributed by atoms with Gasteiger partial charge in [-0.15, -0.1) is 0 Å². The van der Waals surface area contributed by atoms with Crippen LogP contribution < -0.4 is 14.8 Å². The third-order valence-electron chi connectivity index (χ3n) is 3.83. The van der Waals surface area contributed by atoms with E-state index in [0.29, 0.717) is 23.7 Å². The highest BCUT2D eigenvalue weighted by Crippen LogP contribution is 2.34. The van der Waals surface area contributed by atoms with Crippen LogP contribution >= 0.6 is 23.2 Å². The van der Waals surface area contributed by atoms with Gasteiger partial charge in [0.25, 0.3) is 5.91 Å². The first-order valence-electron chi connectivity index (χ1n) is 8.16. The maximum atomic E-state index is 12.8. The van der Waals surface area contributed by atoms with Gasteiger partial charge in [0.2, 0.25) is 5.91 Å². The number of nitrogens with zero attached hydrogens (tertiary/aromatic N) is 1. The average molecular weight is 411 g/mol.